The molecule has 2 heterocycles. The zero-order valence-corrected chi connectivity index (χ0v) is 13.6. The Morgan fingerprint density at radius 1 is 1.00 bits per heavy atom. The summed E-state index contributed by atoms with van der Waals surface area (Å²) in [4.78, 5) is 4.78. The Balaban J connectivity index is 1.38. The van der Waals surface area contributed by atoms with E-state index in [0.29, 0.717) is 5.92 Å². The number of aromatic nitrogens is 2. The number of methoxy groups -OCH3 is 1. The van der Waals surface area contributed by atoms with Crippen molar-refractivity contribution in [1.29, 1.82) is 0 Å². The second kappa shape index (κ2) is 5.76. The Labute approximate surface area is 134 Å². The Morgan fingerprint density at radius 3 is 2.32 bits per heavy atom. The normalized spacial score (nSPS) is 18.6. The van der Waals surface area contributed by atoms with Crippen LogP contribution in [0.25, 0.3) is 0 Å². The van der Waals surface area contributed by atoms with Gasteiger partial charge in [-0.05, 0) is 37.1 Å². The lowest BCUT2D eigenvalue weighted by Crippen LogP contribution is -2.46. The van der Waals surface area contributed by atoms with E-state index in [2.05, 4.69) is 32.1 Å². The van der Waals surface area contributed by atoms with E-state index >= 15 is 0 Å². The topological polar surface area (TPSA) is 41.5 Å². The molecule has 1 aliphatic carbocycles. The molecule has 0 bridgehead atoms. The third-order valence-electron chi connectivity index (χ3n) is 4.34. The minimum Gasteiger partial charge on any atom is -0.497 e. The monoisotopic (exact) mass is 316 g/mol. The summed E-state index contributed by atoms with van der Waals surface area (Å²) in [5, 5.41) is 11.1. The molecule has 116 valence electrons. The molecule has 0 N–H and O–H groups in total. The van der Waals surface area contributed by atoms with Crippen LogP contribution in [-0.4, -0.2) is 43.5 Å². The van der Waals surface area contributed by atoms with Gasteiger partial charge in [-0.2, -0.15) is 0 Å². The van der Waals surface area contributed by atoms with Gasteiger partial charge in [0.1, 0.15) is 10.8 Å². The second-order valence-corrected chi connectivity index (χ2v) is 6.86. The van der Waals surface area contributed by atoms with Crippen molar-refractivity contribution >= 4 is 22.2 Å². The Bertz CT molecular complexity index is 630. The summed E-state index contributed by atoms with van der Waals surface area (Å²) in [7, 11) is 1.70. The molecule has 6 heteroatoms. The molecule has 1 saturated carbocycles. The number of benzene rings is 1. The average molecular weight is 316 g/mol. The molecule has 1 saturated heterocycles. The fourth-order valence-electron chi connectivity index (χ4n) is 2.80. The predicted molar refractivity (Wildman–Crippen MR) is 89.3 cm³/mol. The van der Waals surface area contributed by atoms with Gasteiger partial charge in [0.2, 0.25) is 5.13 Å². The number of anilines is 2. The van der Waals surface area contributed by atoms with E-state index < -0.39 is 0 Å². The highest BCUT2D eigenvalue weighted by Crippen LogP contribution is 2.42. The van der Waals surface area contributed by atoms with Crippen LogP contribution in [-0.2, 0) is 0 Å². The van der Waals surface area contributed by atoms with Gasteiger partial charge in [-0.3, -0.25) is 0 Å². The number of nitrogens with zero attached hydrogens (tertiary/aromatic N) is 4. The van der Waals surface area contributed by atoms with Gasteiger partial charge in [-0.1, -0.05) is 11.3 Å². The summed E-state index contributed by atoms with van der Waals surface area (Å²) in [6, 6.07) is 8.30. The van der Waals surface area contributed by atoms with E-state index in [-0.39, 0.29) is 0 Å². The molecule has 1 aromatic heterocycles. The van der Waals surface area contributed by atoms with Crippen molar-refractivity contribution < 1.29 is 4.74 Å². The highest BCUT2D eigenvalue weighted by atomic mass is 32.1. The maximum atomic E-state index is 5.22. The minimum atomic E-state index is 0.701. The largest absolute Gasteiger partial charge is 0.497 e. The summed E-state index contributed by atoms with van der Waals surface area (Å²) in [6.45, 7) is 4.05. The molecule has 0 atom stereocenters. The molecule has 5 nitrogen and oxygen atoms in total. The van der Waals surface area contributed by atoms with Gasteiger partial charge in [0, 0.05) is 37.8 Å². The standard InChI is InChI=1S/C16H20N4OS/c1-21-14-6-4-13(5-7-14)19-8-10-20(11-9-19)16-18-17-15(22-16)12-2-3-12/h4-7,12H,2-3,8-11H2,1H3. The number of rotatable bonds is 4. The zero-order chi connectivity index (χ0) is 14.9. The van der Waals surface area contributed by atoms with Crippen LogP contribution in [0.5, 0.6) is 5.75 Å². The van der Waals surface area contributed by atoms with Crippen LogP contribution in [0, 0.1) is 0 Å². The number of ether oxygens (including phenoxy) is 1. The molecule has 2 aliphatic rings. The van der Waals surface area contributed by atoms with Gasteiger partial charge in [0.15, 0.2) is 0 Å². The molecule has 1 aromatic carbocycles. The maximum Gasteiger partial charge on any atom is 0.208 e. The first-order valence-corrected chi connectivity index (χ1v) is 8.62. The molecule has 22 heavy (non-hydrogen) atoms. The van der Waals surface area contributed by atoms with Gasteiger partial charge >= 0.3 is 0 Å². The zero-order valence-electron chi connectivity index (χ0n) is 12.7. The highest BCUT2D eigenvalue weighted by Gasteiger charge is 2.29. The minimum absolute atomic E-state index is 0.701. The predicted octanol–water partition coefficient (Wildman–Crippen LogP) is 2.75. The smallest absolute Gasteiger partial charge is 0.208 e. The van der Waals surface area contributed by atoms with Crippen LogP contribution in [0.1, 0.15) is 23.8 Å². The molecule has 0 spiro atoms. The first-order valence-electron chi connectivity index (χ1n) is 7.81. The lowest BCUT2D eigenvalue weighted by Gasteiger charge is -2.35. The molecule has 0 unspecified atom stereocenters. The lowest BCUT2D eigenvalue weighted by molar-refractivity contribution is 0.415. The third kappa shape index (κ3) is 2.75. The summed E-state index contributed by atoms with van der Waals surface area (Å²) in [5.74, 6) is 1.61. The second-order valence-electron chi connectivity index (χ2n) is 5.87. The van der Waals surface area contributed by atoms with Crippen LogP contribution in [0.4, 0.5) is 10.8 Å². The Morgan fingerprint density at radius 2 is 1.68 bits per heavy atom. The first kappa shape index (κ1) is 13.8. The van der Waals surface area contributed by atoms with Crippen molar-refractivity contribution in [3.8, 4) is 5.75 Å². The molecular formula is C16H20N4OS. The van der Waals surface area contributed by atoms with Crippen LogP contribution >= 0.6 is 11.3 Å². The number of hydrogen-bond donors (Lipinski definition) is 0. The summed E-state index contributed by atoms with van der Waals surface area (Å²) < 4.78 is 5.22. The Hall–Kier alpha value is -1.82. The Kier molecular flexibility index (Phi) is 3.62. The van der Waals surface area contributed by atoms with Crippen LogP contribution < -0.4 is 14.5 Å². The summed E-state index contributed by atoms with van der Waals surface area (Å²) in [5.41, 5.74) is 1.26. The molecule has 0 amide bonds. The number of hydrogen-bond acceptors (Lipinski definition) is 6. The highest BCUT2D eigenvalue weighted by molar-refractivity contribution is 7.15. The van der Waals surface area contributed by atoms with Crippen molar-refractivity contribution in [1.82, 2.24) is 10.2 Å². The van der Waals surface area contributed by atoms with Gasteiger partial charge < -0.3 is 14.5 Å². The van der Waals surface area contributed by atoms with E-state index in [1.807, 2.05) is 12.1 Å². The van der Waals surface area contributed by atoms with Crippen LogP contribution in [0.3, 0.4) is 0 Å². The van der Waals surface area contributed by atoms with Crippen molar-refractivity contribution in [2.75, 3.05) is 43.1 Å². The van der Waals surface area contributed by atoms with E-state index in [4.69, 9.17) is 4.74 Å². The fourth-order valence-corrected chi connectivity index (χ4v) is 3.86. The van der Waals surface area contributed by atoms with Gasteiger partial charge in [0.05, 0.1) is 7.11 Å². The quantitative estimate of drug-likeness (QED) is 0.867. The van der Waals surface area contributed by atoms with E-state index in [0.717, 1.165) is 37.1 Å². The third-order valence-corrected chi connectivity index (χ3v) is 5.49. The van der Waals surface area contributed by atoms with Crippen LogP contribution in [0.15, 0.2) is 24.3 Å². The lowest BCUT2D eigenvalue weighted by atomic mass is 10.2. The molecular weight excluding hydrogens is 296 g/mol. The molecule has 4 rings (SSSR count). The fraction of sp³-hybridized carbons (Fsp3) is 0.500. The van der Waals surface area contributed by atoms with E-state index in [1.165, 1.54) is 23.5 Å². The van der Waals surface area contributed by atoms with Crippen molar-refractivity contribution in [3.63, 3.8) is 0 Å². The van der Waals surface area contributed by atoms with Gasteiger partial charge in [0.25, 0.3) is 0 Å². The summed E-state index contributed by atoms with van der Waals surface area (Å²) >= 11 is 1.78. The SMILES string of the molecule is COc1ccc(N2CCN(c3nnc(C4CC4)s3)CC2)cc1. The maximum absolute atomic E-state index is 5.22. The van der Waals surface area contributed by atoms with Gasteiger partial charge in [-0.15, -0.1) is 10.2 Å². The first-order chi connectivity index (χ1) is 10.8. The van der Waals surface area contributed by atoms with Crippen molar-refractivity contribution in [2.45, 2.75) is 18.8 Å². The van der Waals surface area contributed by atoms with E-state index in [9.17, 15) is 0 Å². The average Bonchev–Trinajstić information content (AvgIpc) is 3.32. The molecule has 2 fully saturated rings. The van der Waals surface area contributed by atoms with Crippen LogP contribution in [0.2, 0.25) is 0 Å². The van der Waals surface area contributed by atoms with Gasteiger partial charge in [-0.25, -0.2) is 0 Å². The summed E-state index contributed by atoms with van der Waals surface area (Å²) in [6.07, 6.45) is 2.58. The molecule has 2 aromatic rings. The number of piperazine rings is 1. The van der Waals surface area contributed by atoms with E-state index in [1.54, 1.807) is 18.4 Å². The molecule has 0 radical (unpaired) electrons. The van der Waals surface area contributed by atoms with Crippen molar-refractivity contribution in [3.05, 3.63) is 29.3 Å². The van der Waals surface area contributed by atoms with Crippen molar-refractivity contribution in [2.24, 2.45) is 0 Å². The molecule has 1 aliphatic heterocycles.